The molecule has 0 radical (unpaired) electrons. The van der Waals surface area contributed by atoms with Crippen molar-refractivity contribution in [1.82, 2.24) is 4.31 Å². The Bertz CT molecular complexity index is 620. The van der Waals surface area contributed by atoms with Crippen molar-refractivity contribution in [3.63, 3.8) is 0 Å². The third-order valence-corrected chi connectivity index (χ3v) is 5.67. The van der Waals surface area contributed by atoms with Gasteiger partial charge < -0.3 is 5.11 Å². The average Bonchev–Trinajstić information content (AvgIpc) is 2.37. The molecule has 0 saturated carbocycles. The summed E-state index contributed by atoms with van der Waals surface area (Å²) in [5.41, 5.74) is -1.24. The number of hydrogen-bond acceptors (Lipinski definition) is 3. The largest absolute Gasteiger partial charge is 0.416 e. The number of nitrogens with zero attached hydrogens (tertiary/aromatic N) is 1. The van der Waals surface area contributed by atoms with Crippen molar-refractivity contribution in [3.8, 4) is 0 Å². The fourth-order valence-electron chi connectivity index (χ4n) is 2.42. The van der Waals surface area contributed by atoms with E-state index in [0.717, 1.165) is 23.4 Å². The van der Waals surface area contributed by atoms with Crippen LogP contribution in [-0.2, 0) is 16.2 Å². The summed E-state index contributed by atoms with van der Waals surface area (Å²) in [7, 11) is -3.98. The Morgan fingerprint density at radius 3 is 2.33 bits per heavy atom. The molecule has 0 aromatic heterocycles. The first kappa shape index (κ1) is 16.3. The van der Waals surface area contributed by atoms with Crippen molar-refractivity contribution in [3.05, 3.63) is 29.3 Å². The summed E-state index contributed by atoms with van der Waals surface area (Å²) >= 11 is 0. The molecule has 0 bridgehead atoms. The predicted molar refractivity (Wildman–Crippen MR) is 70.2 cm³/mol. The van der Waals surface area contributed by atoms with E-state index in [1.807, 2.05) is 0 Å². The number of aliphatic hydroxyl groups excluding tert-OH is 1. The summed E-state index contributed by atoms with van der Waals surface area (Å²) in [6, 6.07) is 3.15. The van der Waals surface area contributed by atoms with Crippen LogP contribution in [0.15, 0.2) is 23.1 Å². The summed E-state index contributed by atoms with van der Waals surface area (Å²) in [5, 5.41) is 9.40. The van der Waals surface area contributed by atoms with Crippen LogP contribution in [0.4, 0.5) is 13.2 Å². The molecule has 1 heterocycles. The van der Waals surface area contributed by atoms with Gasteiger partial charge in [-0.15, -0.1) is 0 Å². The molecule has 118 valence electrons. The minimum Gasteiger partial charge on any atom is -0.393 e. The molecule has 1 aliphatic heterocycles. The quantitative estimate of drug-likeness (QED) is 0.907. The lowest BCUT2D eigenvalue weighted by atomic mass is 10.1. The monoisotopic (exact) mass is 323 g/mol. The van der Waals surface area contributed by atoms with Gasteiger partial charge >= 0.3 is 6.18 Å². The number of aliphatic hydroxyl groups is 1. The Morgan fingerprint density at radius 1 is 1.24 bits per heavy atom. The Hall–Kier alpha value is -1.12. The summed E-state index contributed by atoms with van der Waals surface area (Å²) in [5.74, 6) is 0. The molecule has 2 rings (SSSR count). The van der Waals surface area contributed by atoms with Gasteiger partial charge in [0, 0.05) is 13.1 Å². The van der Waals surface area contributed by atoms with Gasteiger partial charge in [0.15, 0.2) is 0 Å². The summed E-state index contributed by atoms with van der Waals surface area (Å²) in [6.45, 7) is 1.38. The lowest BCUT2D eigenvalue weighted by molar-refractivity contribution is -0.138. The van der Waals surface area contributed by atoms with Gasteiger partial charge in [0.25, 0.3) is 0 Å². The molecule has 1 aromatic carbocycles. The number of alkyl halides is 3. The number of hydrogen-bond donors (Lipinski definition) is 1. The van der Waals surface area contributed by atoms with Crippen molar-refractivity contribution in [2.24, 2.45) is 0 Å². The second kappa shape index (κ2) is 5.58. The molecule has 0 aliphatic carbocycles. The number of piperidine rings is 1. The molecule has 0 atom stereocenters. The highest BCUT2D eigenvalue weighted by molar-refractivity contribution is 7.89. The molecule has 4 nitrogen and oxygen atoms in total. The zero-order valence-corrected chi connectivity index (χ0v) is 12.2. The molecule has 1 aliphatic rings. The molecular weight excluding hydrogens is 307 g/mol. The van der Waals surface area contributed by atoms with E-state index in [0.29, 0.717) is 0 Å². The molecule has 0 spiro atoms. The van der Waals surface area contributed by atoms with Gasteiger partial charge in [0.2, 0.25) is 10.0 Å². The Morgan fingerprint density at radius 2 is 1.81 bits per heavy atom. The molecule has 1 N–H and O–H groups in total. The van der Waals surface area contributed by atoms with Crippen LogP contribution in [0, 0.1) is 6.92 Å². The van der Waals surface area contributed by atoms with Gasteiger partial charge in [-0.25, -0.2) is 8.42 Å². The van der Waals surface area contributed by atoms with E-state index in [1.165, 1.54) is 6.07 Å². The average molecular weight is 323 g/mol. The highest BCUT2D eigenvalue weighted by Gasteiger charge is 2.36. The van der Waals surface area contributed by atoms with Gasteiger partial charge in [-0.05, 0) is 37.5 Å². The first-order valence-corrected chi connectivity index (χ1v) is 7.93. The smallest absolute Gasteiger partial charge is 0.393 e. The number of benzene rings is 1. The minimum absolute atomic E-state index is 0.110. The molecule has 0 amide bonds. The van der Waals surface area contributed by atoms with Gasteiger partial charge in [0.1, 0.15) is 0 Å². The van der Waals surface area contributed by atoms with Gasteiger partial charge in [-0.2, -0.15) is 17.5 Å². The second-order valence-corrected chi connectivity index (χ2v) is 6.97. The van der Waals surface area contributed by atoms with Crippen molar-refractivity contribution in [2.45, 2.75) is 36.9 Å². The van der Waals surface area contributed by atoms with E-state index in [9.17, 15) is 26.7 Å². The molecular formula is C13H16F3NO3S. The molecule has 8 heteroatoms. The standard InChI is InChI=1S/C13H16F3NO3S/c1-9-11(13(14,15)16)3-2-4-12(9)21(19,20)17-7-5-10(18)6-8-17/h2-4,10,18H,5-8H2,1H3. The van der Waals surface area contributed by atoms with Crippen LogP contribution in [0.2, 0.25) is 0 Å². The van der Waals surface area contributed by atoms with Gasteiger partial charge in [-0.3, -0.25) is 0 Å². The maximum Gasteiger partial charge on any atom is 0.416 e. The highest BCUT2D eigenvalue weighted by Crippen LogP contribution is 2.35. The maximum absolute atomic E-state index is 12.9. The summed E-state index contributed by atoms with van der Waals surface area (Å²) < 4.78 is 64.7. The number of sulfonamides is 1. The van der Waals surface area contributed by atoms with Crippen molar-refractivity contribution in [1.29, 1.82) is 0 Å². The molecule has 0 unspecified atom stereocenters. The van der Waals surface area contributed by atoms with Crippen molar-refractivity contribution < 1.29 is 26.7 Å². The van der Waals surface area contributed by atoms with Crippen LogP contribution >= 0.6 is 0 Å². The Kier molecular flexibility index (Phi) is 4.32. The SMILES string of the molecule is Cc1c(C(F)(F)F)cccc1S(=O)(=O)N1CCC(O)CC1. The van der Waals surface area contributed by atoms with Gasteiger partial charge in [-0.1, -0.05) is 6.07 Å². The lowest BCUT2D eigenvalue weighted by Crippen LogP contribution is -2.40. The van der Waals surface area contributed by atoms with E-state index in [1.54, 1.807) is 0 Å². The Balaban J connectivity index is 2.42. The third-order valence-electron chi connectivity index (χ3n) is 3.63. The molecule has 1 aromatic rings. The predicted octanol–water partition coefficient (Wildman–Crippen LogP) is 2.16. The normalized spacial score (nSPS) is 18.9. The van der Waals surface area contributed by atoms with Gasteiger partial charge in [0.05, 0.1) is 16.6 Å². The minimum atomic E-state index is -4.59. The first-order valence-electron chi connectivity index (χ1n) is 6.49. The fraction of sp³-hybridized carbons (Fsp3) is 0.538. The third kappa shape index (κ3) is 3.22. The second-order valence-electron chi connectivity index (χ2n) is 5.06. The van der Waals surface area contributed by atoms with Crippen LogP contribution in [0.5, 0.6) is 0 Å². The van der Waals surface area contributed by atoms with E-state index < -0.39 is 27.9 Å². The topological polar surface area (TPSA) is 57.6 Å². The van der Waals surface area contributed by atoms with E-state index in [-0.39, 0.29) is 36.4 Å². The zero-order valence-electron chi connectivity index (χ0n) is 11.4. The first-order chi connectivity index (χ1) is 9.64. The maximum atomic E-state index is 12.9. The van der Waals surface area contributed by atoms with Crippen LogP contribution in [0.3, 0.4) is 0 Å². The Labute approximate surface area is 121 Å². The zero-order chi connectivity index (χ0) is 15.8. The van der Waals surface area contributed by atoms with E-state index in [2.05, 4.69) is 0 Å². The molecule has 21 heavy (non-hydrogen) atoms. The lowest BCUT2D eigenvalue weighted by Gasteiger charge is -2.29. The fourth-order valence-corrected chi connectivity index (χ4v) is 4.14. The summed E-state index contributed by atoms with van der Waals surface area (Å²) in [4.78, 5) is -0.325. The van der Waals surface area contributed by atoms with E-state index in [4.69, 9.17) is 0 Å². The highest BCUT2D eigenvalue weighted by atomic mass is 32.2. The van der Waals surface area contributed by atoms with Crippen LogP contribution < -0.4 is 0 Å². The molecule has 1 saturated heterocycles. The van der Waals surface area contributed by atoms with Crippen LogP contribution in [0.25, 0.3) is 0 Å². The van der Waals surface area contributed by atoms with Crippen LogP contribution in [0.1, 0.15) is 24.0 Å². The number of rotatable bonds is 2. The van der Waals surface area contributed by atoms with Crippen molar-refractivity contribution in [2.75, 3.05) is 13.1 Å². The van der Waals surface area contributed by atoms with E-state index >= 15 is 0 Å². The number of halogens is 3. The summed E-state index contributed by atoms with van der Waals surface area (Å²) in [6.07, 6.45) is -4.57. The van der Waals surface area contributed by atoms with Crippen molar-refractivity contribution >= 4 is 10.0 Å². The molecule has 1 fully saturated rings. The van der Waals surface area contributed by atoms with Crippen LogP contribution in [-0.4, -0.2) is 37.0 Å².